The second-order valence-corrected chi connectivity index (χ2v) is 6.87. The second-order valence-electron chi connectivity index (χ2n) is 6.87. The highest BCUT2D eigenvalue weighted by Crippen LogP contribution is 2.49. The third-order valence-corrected chi connectivity index (χ3v) is 4.01. The molecule has 4 atom stereocenters. The number of carbonyl (C=O) groups excluding carboxylic acids is 1. The zero-order valence-corrected chi connectivity index (χ0v) is 13.1. The normalized spacial score (nSPS) is 27.2. The van der Waals surface area contributed by atoms with Crippen molar-refractivity contribution in [3.63, 3.8) is 0 Å². The molecule has 23 heavy (non-hydrogen) atoms. The van der Waals surface area contributed by atoms with Crippen molar-refractivity contribution in [1.29, 1.82) is 5.26 Å². The van der Waals surface area contributed by atoms with E-state index < -0.39 is 18.2 Å². The van der Waals surface area contributed by atoms with Gasteiger partial charge in [0, 0.05) is 6.54 Å². The van der Waals surface area contributed by atoms with E-state index in [1.165, 1.54) is 0 Å². The minimum absolute atomic E-state index is 0.0637. The van der Waals surface area contributed by atoms with Gasteiger partial charge in [-0.15, -0.1) is 0 Å². The fourth-order valence-electron chi connectivity index (χ4n) is 2.41. The fraction of sp³-hybridized carbons (Fsp3) is 0.786. The molecule has 1 saturated heterocycles. The number of alkyl halides is 3. The van der Waals surface area contributed by atoms with E-state index in [-0.39, 0.29) is 17.4 Å². The van der Waals surface area contributed by atoms with Crippen LogP contribution >= 0.6 is 0 Å². The quantitative estimate of drug-likeness (QED) is 0.752. The maximum atomic E-state index is 12.2. The topological polar surface area (TPSA) is 107 Å². The third kappa shape index (κ3) is 4.58. The molecule has 1 saturated carbocycles. The third-order valence-electron chi connectivity index (χ3n) is 4.01. The summed E-state index contributed by atoms with van der Waals surface area (Å²) >= 11 is 0. The number of hydrogen-bond donors (Lipinski definition) is 2. The number of likely N-dealkylation sites (tertiary alicyclic amines) is 1. The van der Waals surface area contributed by atoms with Crippen molar-refractivity contribution in [3.8, 4) is 6.07 Å². The average molecular weight is 335 g/mol. The van der Waals surface area contributed by atoms with Gasteiger partial charge in [-0.25, -0.2) is 4.79 Å². The zero-order chi connectivity index (χ0) is 18.2. The number of fused-ring (bicyclic) bond motifs is 1. The molecular weight excluding hydrogens is 315 g/mol. The molecule has 0 radical (unpaired) electrons. The first-order chi connectivity index (χ1) is 10.3. The van der Waals surface area contributed by atoms with Crippen LogP contribution in [0.1, 0.15) is 27.2 Å². The van der Waals surface area contributed by atoms with Gasteiger partial charge in [-0.1, -0.05) is 20.8 Å². The molecule has 1 heterocycles. The molecule has 3 N–H and O–H groups in total. The SMILES string of the molecule is CC(C)(C)[C@H](N)C(=O)N1C[C@H]2C[C@H]2C1C#N.O=C(O)C(F)(F)F. The number of nitrogens with two attached hydrogens (primary N) is 1. The molecule has 9 heteroatoms. The van der Waals surface area contributed by atoms with Crippen LogP contribution in [0.3, 0.4) is 0 Å². The van der Waals surface area contributed by atoms with Gasteiger partial charge in [0.1, 0.15) is 6.04 Å². The lowest BCUT2D eigenvalue weighted by Gasteiger charge is -2.32. The molecule has 0 spiro atoms. The number of rotatable bonds is 1. The Kier molecular flexibility index (Phi) is 5.31. The maximum absolute atomic E-state index is 12.2. The van der Waals surface area contributed by atoms with Crippen LogP contribution in [0.2, 0.25) is 0 Å². The van der Waals surface area contributed by atoms with Crippen LogP contribution in [0.25, 0.3) is 0 Å². The van der Waals surface area contributed by atoms with Crippen LogP contribution in [0.5, 0.6) is 0 Å². The van der Waals surface area contributed by atoms with E-state index in [9.17, 15) is 18.0 Å². The van der Waals surface area contributed by atoms with E-state index in [2.05, 4.69) is 6.07 Å². The Morgan fingerprint density at radius 2 is 1.83 bits per heavy atom. The highest BCUT2D eigenvalue weighted by molar-refractivity contribution is 5.83. The van der Waals surface area contributed by atoms with Gasteiger partial charge in [0.05, 0.1) is 12.1 Å². The standard InChI is InChI=1S/C12H19N3O.C2HF3O2/c1-12(2,3)10(14)11(16)15-6-7-4-8(7)9(15)5-13;3-2(4,5)1(6)7/h7-10H,4,6,14H2,1-3H3;(H,6,7)/t7-,8-,9?,10-;/m1./s1. The molecule has 1 aliphatic carbocycles. The van der Waals surface area contributed by atoms with Crippen molar-refractivity contribution in [1.82, 2.24) is 4.90 Å². The van der Waals surface area contributed by atoms with E-state index in [1.807, 2.05) is 20.8 Å². The van der Waals surface area contributed by atoms with Crippen molar-refractivity contribution in [2.75, 3.05) is 6.54 Å². The summed E-state index contributed by atoms with van der Waals surface area (Å²) in [6.07, 6.45) is -3.98. The Morgan fingerprint density at radius 3 is 2.17 bits per heavy atom. The molecule has 2 aliphatic rings. The van der Waals surface area contributed by atoms with Gasteiger partial charge >= 0.3 is 12.1 Å². The summed E-state index contributed by atoms with van der Waals surface area (Å²) < 4.78 is 31.7. The Hall–Kier alpha value is -1.82. The summed E-state index contributed by atoms with van der Waals surface area (Å²) in [5.74, 6) is -1.85. The summed E-state index contributed by atoms with van der Waals surface area (Å²) in [4.78, 5) is 22.8. The molecular formula is C14H20F3N3O3. The Labute approximate surface area is 132 Å². The zero-order valence-electron chi connectivity index (χ0n) is 13.1. The second kappa shape index (κ2) is 6.35. The lowest BCUT2D eigenvalue weighted by molar-refractivity contribution is -0.192. The van der Waals surface area contributed by atoms with E-state index >= 15 is 0 Å². The molecule has 130 valence electrons. The Bertz CT molecular complexity index is 522. The van der Waals surface area contributed by atoms with Crippen LogP contribution in [0.15, 0.2) is 0 Å². The highest BCUT2D eigenvalue weighted by atomic mass is 19.4. The van der Waals surface area contributed by atoms with Crippen LogP contribution in [-0.4, -0.2) is 46.7 Å². The minimum atomic E-state index is -5.08. The van der Waals surface area contributed by atoms with Gasteiger partial charge in [-0.3, -0.25) is 4.79 Å². The van der Waals surface area contributed by atoms with Crippen molar-refractivity contribution >= 4 is 11.9 Å². The number of carboxylic acid groups (broad SMARTS) is 1. The first-order valence-corrected chi connectivity index (χ1v) is 7.06. The molecule has 0 aromatic carbocycles. The van der Waals surface area contributed by atoms with Crippen molar-refractivity contribution in [2.24, 2.45) is 23.0 Å². The predicted octanol–water partition coefficient (Wildman–Crippen LogP) is 1.36. The number of carbonyl (C=O) groups is 2. The molecule has 1 unspecified atom stereocenters. The number of hydrogen-bond acceptors (Lipinski definition) is 4. The van der Waals surface area contributed by atoms with Crippen LogP contribution < -0.4 is 5.73 Å². The maximum Gasteiger partial charge on any atom is 0.490 e. The molecule has 1 amide bonds. The van der Waals surface area contributed by atoms with Gasteiger partial charge in [0.2, 0.25) is 5.91 Å². The number of amides is 1. The summed E-state index contributed by atoms with van der Waals surface area (Å²) in [6, 6.07) is 1.50. The van der Waals surface area contributed by atoms with Crippen molar-refractivity contribution < 1.29 is 27.9 Å². The predicted molar refractivity (Wildman–Crippen MR) is 73.8 cm³/mol. The van der Waals surface area contributed by atoms with Crippen molar-refractivity contribution in [3.05, 3.63) is 0 Å². The number of aliphatic carboxylic acids is 1. The largest absolute Gasteiger partial charge is 0.490 e. The molecule has 2 fully saturated rings. The molecule has 1 aliphatic heterocycles. The van der Waals surface area contributed by atoms with E-state index in [0.29, 0.717) is 11.8 Å². The fourth-order valence-corrected chi connectivity index (χ4v) is 2.41. The average Bonchev–Trinajstić information content (AvgIpc) is 3.07. The van der Waals surface area contributed by atoms with Gasteiger partial charge in [0.15, 0.2) is 0 Å². The molecule has 0 aromatic rings. The highest BCUT2D eigenvalue weighted by Gasteiger charge is 2.55. The number of nitriles is 1. The molecule has 0 aromatic heterocycles. The van der Waals surface area contributed by atoms with Gasteiger partial charge < -0.3 is 15.7 Å². The van der Waals surface area contributed by atoms with E-state index in [4.69, 9.17) is 20.9 Å². The Morgan fingerprint density at radius 1 is 1.35 bits per heavy atom. The van der Waals surface area contributed by atoms with Crippen LogP contribution in [0, 0.1) is 28.6 Å². The minimum Gasteiger partial charge on any atom is -0.475 e. The smallest absolute Gasteiger partial charge is 0.475 e. The lowest BCUT2D eigenvalue weighted by atomic mass is 9.86. The van der Waals surface area contributed by atoms with Gasteiger partial charge in [-0.2, -0.15) is 18.4 Å². The van der Waals surface area contributed by atoms with Gasteiger partial charge in [-0.05, 0) is 23.7 Å². The first-order valence-electron chi connectivity index (χ1n) is 7.06. The number of halogens is 3. The molecule has 0 bridgehead atoms. The van der Waals surface area contributed by atoms with Crippen LogP contribution in [-0.2, 0) is 9.59 Å². The molecule has 6 nitrogen and oxygen atoms in total. The first kappa shape index (κ1) is 19.2. The summed E-state index contributed by atoms with van der Waals surface area (Å²) in [6.45, 7) is 6.58. The molecule has 2 rings (SSSR count). The van der Waals surface area contributed by atoms with Crippen LogP contribution in [0.4, 0.5) is 13.2 Å². The lowest BCUT2D eigenvalue weighted by Crippen LogP contribution is -2.52. The monoisotopic (exact) mass is 335 g/mol. The van der Waals surface area contributed by atoms with E-state index in [0.717, 1.165) is 13.0 Å². The summed E-state index contributed by atoms with van der Waals surface area (Å²) in [7, 11) is 0. The van der Waals surface area contributed by atoms with Crippen molar-refractivity contribution in [2.45, 2.75) is 45.5 Å². The van der Waals surface area contributed by atoms with Gasteiger partial charge in [0.25, 0.3) is 0 Å². The number of nitrogens with zero attached hydrogens (tertiary/aromatic N) is 2. The number of carboxylic acids is 1. The Balaban J connectivity index is 0.000000322. The van der Waals surface area contributed by atoms with E-state index in [1.54, 1.807) is 4.90 Å². The summed E-state index contributed by atoms with van der Waals surface area (Å²) in [5.41, 5.74) is 5.70. The number of piperidine rings is 1. The summed E-state index contributed by atoms with van der Waals surface area (Å²) in [5, 5.41) is 16.2.